The van der Waals surface area contributed by atoms with Crippen LogP contribution in [0.15, 0.2) is 47.6 Å². The molecule has 1 amide bonds. The van der Waals surface area contributed by atoms with Gasteiger partial charge in [0, 0.05) is 5.02 Å². The van der Waals surface area contributed by atoms with E-state index >= 15 is 0 Å². The van der Waals surface area contributed by atoms with Crippen molar-refractivity contribution in [2.24, 2.45) is 5.10 Å². The van der Waals surface area contributed by atoms with Crippen LogP contribution in [-0.4, -0.2) is 32.8 Å². The van der Waals surface area contributed by atoms with Gasteiger partial charge in [0.1, 0.15) is 6.54 Å². The number of carbonyl (C=O) groups is 1. The first-order chi connectivity index (χ1) is 13.8. The molecule has 0 spiro atoms. The molecular formula is C22H28ClN3O3S. The minimum atomic E-state index is -3.69. The van der Waals surface area contributed by atoms with Crippen molar-refractivity contribution in [2.45, 2.75) is 40.0 Å². The van der Waals surface area contributed by atoms with Gasteiger partial charge in [0.05, 0.1) is 17.7 Å². The number of sulfonamides is 1. The molecule has 0 bridgehead atoms. The van der Waals surface area contributed by atoms with E-state index in [9.17, 15) is 13.2 Å². The lowest BCUT2D eigenvalue weighted by Crippen LogP contribution is -2.39. The quantitative estimate of drug-likeness (QED) is 0.528. The maximum Gasteiger partial charge on any atom is 0.260 e. The Bertz CT molecular complexity index is 1060. The second kappa shape index (κ2) is 9.18. The summed E-state index contributed by atoms with van der Waals surface area (Å²) in [6.07, 6.45) is 1.04. The Hall–Kier alpha value is -2.38. The molecule has 0 fully saturated rings. The lowest BCUT2D eigenvalue weighted by molar-refractivity contribution is -0.119. The zero-order valence-corrected chi connectivity index (χ0v) is 19.7. The molecule has 30 heavy (non-hydrogen) atoms. The van der Waals surface area contributed by atoms with E-state index in [1.807, 2.05) is 31.2 Å². The van der Waals surface area contributed by atoms with E-state index in [1.54, 1.807) is 19.1 Å². The van der Waals surface area contributed by atoms with E-state index < -0.39 is 22.5 Å². The van der Waals surface area contributed by atoms with Gasteiger partial charge in [-0.2, -0.15) is 5.10 Å². The maximum atomic E-state index is 12.4. The van der Waals surface area contributed by atoms with Crippen LogP contribution < -0.4 is 9.73 Å². The molecule has 0 aromatic heterocycles. The van der Waals surface area contributed by atoms with Gasteiger partial charge >= 0.3 is 0 Å². The third kappa shape index (κ3) is 6.31. The molecule has 2 rings (SSSR count). The van der Waals surface area contributed by atoms with E-state index in [1.165, 1.54) is 11.6 Å². The van der Waals surface area contributed by atoms with Gasteiger partial charge in [-0.05, 0) is 48.1 Å². The number of halogens is 1. The molecule has 1 N–H and O–H groups in total. The number of nitrogens with one attached hydrogen (secondary N) is 1. The second-order valence-electron chi connectivity index (χ2n) is 8.26. The summed E-state index contributed by atoms with van der Waals surface area (Å²) < 4.78 is 25.4. The molecule has 2 aromatic rings. The number of rotatable bonds is 6. The highest BCUT2D eigenvalue weighted by Crippen LogP contribution is 2.25. The monoisotopic (exact) mass is 449 g/mol. The zero-order valence-electron chi connectivity index (χ0n) is 18.2. The molecule has 0 saturated heterocycles. The molecule has 0 aliphatic heterocycles. The molecule has 8 heteroatoms. The van der Waals surface area contributed by atoms with Gasteiger partial charge < -0.3 is 0 Å². The molecule has 0 atom stereocenters. The molecule has 0 unspecified atom stereocenters. The minimum absolute atomic E-state index is 0.0474. The Labute approximate surface area is 184 Å². The molecule has 0 aliphatic rings. The Morgan fingerprint density at radius 1 is 1.13 bits per heavy atom. The normalized spacial score (nSPS) is 12.6. The van der Waals surface area contributed by atoms with Crippen molar-refractivity contribution < 1.29 is 13.2 Å². The predicted molar refractivity (Wildman–Crippen MR) is 124 cm³/mol. The van der Waals surface area contributed by atoms with E-state index in [4.69, 9.17) is 11.6 Å². The van der Waals surface area contributed by atoms with Gasteiger partial charge in [-0.3, -0.25) is 9.10 Å². The summed E-state index contributed by atoms with van der Waals surface area (Å²) in [7, 11) is -3.69. The number of carbonyl (C=O) groups excluding carboxylic acids is 1. The van der Waals surface area contributed by atoms with E-state index in [0.29, 0.717) is 16.4 Å². The van der Waals surface area contributed by atoms with Crippen molar-refractivity contribution in [3.05, 3.63) is 64.2 Å². The number of hydrogen-bond acceptors (Lipinski definition) is 4. The van der Waals surface area contributed by atoms with Crippen molar-refractivity contribution in [3.63, 3.8) is 0 Å². The van der Waals surface area contributed by atoms with Crippen LogP contribution in [0.1, 0.15) is 44.4 Å². The maximum absolute atomic E-state index is 12.4. The average molecular weight is 450 g/mol. The van der Waals surface area contributed by atoms with E-state index in [0.717, 1.165) is 21.7 Å². The first-order valence-electron chi connectivity index (χ1n) is 9.47. The second-order valence-corrected chi connectivity index (χ2v) is 10.6. The van der Waals surface area contributed by atoms with Gasteiger partial charge in [-0.1, -0.05) is 62.7 Å². The molecule has 0 radical (unpaired) electrons. The number of hydrogen-bond donors (Lipinski definition) is 1. The number of amides is 1. The lowest BCUT2D eigenvalue weighted by Gasteiger charge is -2.22. The van der Waals surface area contributed by atoms with Gasteiger partial charge in [0.15, 0.2) is 0 Å². The van der Waals surface area contributed by atoms with Crippen molar-refractivity contribution in [3.8, 4) is 0 Å². The minimum Gasteiger partial charge on any atom is -0.271 e. The summed E-state index contributed by atoms with van der Waals surface area (Å²) in [6, 6.07) is 12.8. The van der Waals surface area contributed by atoms with Gasteiger partial charge in [0.2, 0.25) is 10.0 Å². The average Bonchev–Trinajstić information content (AvgIpc) is 2.65. The summed E-state index contributed by atoms with van der Waals surface area (Å²) in [4.78, 5) is 12.4. The van der Waals surface area contributed by atoms with Crippen LogP contribution in [0, 0.1) is 6.92 Å². The molecule has 0 aliphatic carbocycles. The Morgan fingerprint density at radius 2 is 1.73 bits per heavy atom. The van der Waals surface area contributed by atoms with Gasteiger partial charge in [-0.25, -0.2) is 13.8 Å². The van der Waals surface area contributed by atoms with Gasteiger partial charge in [-0.15, -0.1) is 0 Å². The predicted octanol–water partition coefficient (Wildman–Crippen LogP) is 4.25. The molecule has 6 nitrogen and oxygen atoms in total. The van der Waals surface area contributed by atoms with E-state index in [-0.39, 0.29) is 5.41 Å². The van der Waals surface area contributed by atoms with Crippen LogP contribution in [0.25, 0.3) is 0 Å². The first-order valence-corrected chi connectivity index (χ1v) is 11.7. The Morgan fingerprint density at radius 3 is 2.23 bits per heavy atom. The Kier molecular flexibility index (Phi) is 7.31. The highest BCUT2D eigenvalue weighted by atomic mass is 35.5. The van der Waals surface area contributed by atoms with Crippen LogP contribution >= 0.6 is 11.6 Å². The van der Waals surface area contributed by atoms with Crippen molar-refractivity contribution in [2.75, 3.05) is 17.1 Å². The number of hydrazone groups is 1. The summed E-state index contributed by atoms with van der Waals surface area (Å²) in [5.74, 6) is -0.553. The molecule has 2 aromatic carbocycles. The van der Waals surface area contributed by atoms with Crippen LogP contribution in [0.4, 0.5) is 5.69 Å². The number of benzene rings is 2. The molecule has 0 saturated carbocycles. The topological polar surface area (TPSA) is 78.8 Å². The largest absolute Gasteiger partial charge is 0.271 e. The third-order valence-electron chi connectivity index (χ3n) is 4.65. The van der Waals surface area contributed by atoms with Gasteiger partial charge in [0.25, 0.3) is 5.91 Å². The lowest BCUT2D eigenvalue weighted by atomic mass is 9.86. The zero-order chi connectivity index (χ0) is 22.7. The summed E-state index contributed by atoms with van der Waals surface area (Å²) in [6.45, 7) is 9.60. The van der Waals surface area contributed by atoms with Crippen molar-refractivity contribution in [1.82, 2.24) is 5.43 Å². The smallest absolute Gasteiger partial charge is 0.260 e. The summed E-state index contributed by atoms with van der Waals surface area (Å²) >= 11 is 6.11. The highest BCUT2D eigenvalue weighted by Gasteiger charge is 2.21. The molecule has 0 heterocycles. The van der Waals surface area contributed by atoms with Crippen molar-refractivity contribution in [1.29, 1.82) is 0 Å². The SMILES string of the molecule is C/C(=N/NC(=O)CN(c1ccc(C)c(Cl)c1)S(C)(=O)=O)c1ccc(C(C)(C)C)cc1. The fourth-order valence-electron chi connectivity index (χ4n) is 2.72. The molecular weight excluding hydrogens is 422 g/mol. The van der Waals surface area contributed by atoms with E-state index in [2.05, 4.69) is 31.3 Å². The fourth-order valence-corrected chi connectivity index (χ4v) is 3.75. The van der Waals surface area contributed by atoms with Crippen molar-refractivity contribution >= 4 is 38.9 Å². The van der Waals surface area contributed by atoms with Crippen LogP contribution in [-0.2, 0) is 20.2 Å². The number of nitrogens with zero attached hydrogens (tertiary/aromatic N) is 2. The first kappa shape index (κ1) is 23.9. The third-order valence-corrected chi connectivity index (χ3v) is 6.20. The fraction of sp³-hybridized carbons (Fsp3) is 0.364. The summed E-state index contributed by atoms with van der Waals surface area (Å²) in [5.41, 5.74) is 6.30. The number of aryl methyl sites for hydroxylation is 1. The standard InChI is InChI=1S/C22H28ClN3O3S/c1-15-7-12-19(13-20(15)23)26(30(6,28)29)14-21(27)25-24-16(2)17-8-10-18(11-9-17)22(3,4)5/h7-13H,14H2,1-6H3,(H,25,27)/b24-16-. The number of anilines is 1. The van der Waals surface area contributed by atoms with Crippen LogP contribution in [0.3, 0.4) is 0 Å². The summed E-state index contributed by atoms with van der Waals surface area (Å²) in [5, 5.41) is 4.54. The Balaban J connectivity index is 2.14. The molecule has 162 valence electrons. The highest BCUT2D eigenvalue weighted by molar-refractivity contribution is 7.92. The van der Waals surface area contributed by atoms with Crippen LogP contribution in [0.2, 0.25) is 5.02 Å². The van der Waals surface area contributed by atoms with Crippen LogP contribution in [0.5, 0.6) is 0 Å².